The van der Waals surface area contributed by atoms with E-state index in [4.69, 9.17) is 5.11 Å². The first-order valence-electron chi connectivity index (χ1n) is 6.75. The third kappa shape index (κ3) is 3.09. The van der Waals surface area contributed by atoms with Crippen molar-refractivity contribution >= 4 is 16.2 Å². The summed E-state index contributed by atoms with van der Waals surface area (Å²) < 4.78 is 28.2. The van der Waals surface area contributed by atoms with E-state index in [0.717, 1.165) is 12.8 Å². The van der Waals surface area contributed by atoms with Crippen LogP contribution in [0.2, 0.25) is 0 Å². The van der Waals surface area contributed by atoms with E-state index in [2.05, 4.69) is 4.72 Å². The van der Waals surface area contributed by atoms with E-state index in [1.165, 1.54) is 31.0 Å². The van der Waals surface area contributed by atoms with E-state index in [-0.39, 0.29) is 0 Å². The molecular formula is C12H22N2O4S. The number of carboxylic acid groups (broad SMARTS) is 1. The molecular weight excluding hydrogens is 268 g/mol. The number of hydrogen-bond acceptors (Lipinski definition) is 3. The van der Waals surface area contributed by atoms with Crippen molar-refractivity contribution in [2.75, 3.05) is 13.1 Å². The van der Waals surface area contributed by atoms with Crippen LogP contribution in [0.25, 0.3) is 0 Å². The number of nitrogens with one attached hydrogen (secondary N) is 1. The minimum absolute atomic E-state index is 0.443. The average Bonchev–Trinajstić information content (AvgIpc) is 2.71. The van der Waals surface area contributed by atoms with Crippen molar-refractivity contribution < 1.29 is 18.3 Å². The van der Waals surface area contributed by atoms with Gasteiger partial charge in [0.1, 0.15) is 5.54 Å². The maximum absolute atomic E-state index is 12.2. The molecule has 0 unspecified atom stereocenters. The Kier molecular flexibility index (Phi) is 3.90. The molecule has 19 heavy (non-hydrogen) atoms. The van der Waals surface area contributed by atoms with Crippen LogP contribution in [0.4, 0.5) is 0 Å². The Morgan fingerprint density at radius 2 is 1.68 bits per heavy atom. The lowest BCUT2D eigenvalue weighted by Gasteiger charge is -2.25. The highest BCUT2D eigenvalue weighted by Crippen LogP contribution is 2.37. The normalized spacial score (nSPS) is 29.2. The summed E-state index contributed by atoms with van der Waals surface area (Å²) >= 11 is 0. The SMILES string of the molecule is CC(C)(NS(=O)(=O)N1C[C@H]2CCCC[C@H]2C1)C(=O)O. The molecule has 1 saturated heterocycles. The molecule has 0 radical (unpaired) electrons. The van der Waals surface area contributed by atoms with Crippen LogP contribution in [-0.4, -0.2) is 42.4 Å². The van der Waals surface area contributed by atoms with E-state index in [1.54, 1.807) is 0 Å². The molecule has 0 spiro atoms. The van der Waals surface area contributed by atoms with Crippen LogP contribution in [0.3, 0.4) is 0 Å². The molecule has 2 atom stereocenters. The second kappa shape index (κ2) is 5.03. The molecule has 6 nitrogen and oxygen atoms in total. The van der Waals surface area contributed by atoms with Gasteiger partial charge >= 0.3 is 5.97 Å². The second-order valence-electron chi connectivity index (χ2n) is 6.16. The van der Waals surface area contributed by atoms with Crippen molar-refractivity contribution in [1.82, 2.24) is 9.03 Å². The van der Waals surface area contributed by atoms with Gasteiger partial charge in [-0.3, -0.25) is 4.79 Å². The minimum atomic E-state index is -3.72. The minimum Gasteiger partial charge on any atom is -0.480 e. The molecule has 1 saturated carbocycles. The number of aliphatic carboxylic acids is 1. The maximum atomic E-state index is 12.2. The molecule has 0 aromatic heterocycles. The van der Waals surface area contributed by atoms with E-state index >= 15 is 0 Å². The predicted molar refractivity (Wildman–Crippen MR) is 70.8 cm³/mol. The van der Waals surface area contributed by atoms with E-state index in [1.807, 2.05) is 0 Å². The van der Waals surface area contributed by atoms with Gasteiger partial charge in [0, 0.05) is 13.1 Å². The smallest absolute Gasteiger partial charge is 0.324 e. The van der Waals surface area contributed by atoms with Gasteiger partial charge in [-0.05, 0) is 38.5 Å². The van der Waals surface area contributed by atoms with Crippen molar-refractivity contribution in [1.29, 1.82) is 0 Å². The van der Waals surface area contributed by atoms with Gasteiger partial charge < -0.3 is 5.11 Å². The van der Waals surface area contributed by atoms with Gasteiger partial charge in [0.05, 0.1) is 0 Å². The fourth-order valence-corrected chi connectivity index (χ4v) is 4.63. The van der Waals surface area contributed by atoms with Crippen LogP contribution in [0.1, 0.15) is 39.5 Å². The van der Waals surface area contributed by atoms with E-state index < -0.39 is 21.7 Å². The molecule has 2 fully saturated rings. The molecule has 0 amide bonds. The Balaban J connectivity index is 2.07. The summed E-state index contributed by atoms with van der Waals surface area (Å²) in [5, 5.41) is 9.01. The Hall–Kier alpha value is -0.660. The molecule has 1 aliphatic heterocycles. The lowest BCUT2D eigenvalue weighted by atomic mass is 9.82. The molecule has 110 valence electrons. The summed E-state index contributed by atoms with van der Waals surface area (Å²) in [6.07, 6.45) is 4.50. The largest absolute Gasteiger partial charge is 0.480 e. The fourth-order valence-electron chi connectivity index (χ4n) is 2.99. The van der Waals surface area contributed by atoms with Crippen LogP contribution in [0, 0.1) is 11.8 Å². The molecule has 1 heterocycles. The third-order valence-electron chi connectivity index (χ3n) is 4.20. The summed E-state index contributed by atoms with van der Waals surface area (Å²) in [4.78, 5) is 11.0. The van der Waals surface area contributed by atoms with E-state index in [0.29, 0.717) is 24.9 Å². The highest BCUT2D eigenvalue weighted by molar-refractivity contribution is 7.87. The lowest BCUT2D eigenvalue weighted by molar-refractivity contribution is -0.142. The first-order chi connectivity index (χ1) is 8.72. The van der Waals surface area contributed by atoms with Crippen LogP contribution in [0.15, 0.2) is 0 Å². The van der Waals surface area contributed by atoms with Gasteiger partial charge in [-0.2, -0.15) is 17.4 Å². The van der Waals surface area contributed by atoms with Crippen LogP contribution in [0.5, 0.6) is 0 Å². The lowest BCUT2D eigenvalue weighted by Crippen LogP contribution is -2.54. The van der Waals surface area contributed by atoms with Crippen molar-refractivity contribution in [3.8, 4) is 0 Å². The number of fused-ring (bicyclic) bond motifs is 1. The number of hydrogen-bond donors (Lipinski definition) is 2. The number of rotatable bonds is 4. The van der Waals surface area contributed by atoms with Gasteiger partial charge in [0.25, 0.3) is 10.2 Å². The molecule has 7 heteroatoms. The van der Waals surface area contributed by atoms with Gasteiger partial charge in [-0.1, -0.05) is 12.8 Å². The molecule has 2 aliphatic rings. The zero-order valence-corrected chi connectivity index (χ0v) is 12.2. The third-order valence-corrected chi connectivity index (χ3v) is 5.95. The maximum Gasteiger partial charge on any atom is 0.324 e. The Morgan fingerprint density at radius 1 is 1.21 bits per heavy atom. The average molecular weight is 290 g/mol. The van der Waals surface area contributed by atoms with Gasteiger partial charge in [0.15, 0.2) is 0 Å². The molecule has 2 rings (SSSR count). The predicted octanol–water partition coefficient (Wildman–Crippen LogP) is 0.806. The van der Waals surface area contributed by atoms with Gasteiger partial charge in [0.2, 0.25) is 0 Å². The molecule has 1 aliphatic carbocycles. The quantitative estimate of drug-likeness (QED) is 0.802. The van der Waals surface area contributed by atoms with Gasteiger partial charge in [-0.15, -0.1) is 0 Å². The Bertz CT molecular complexity index is 446. The summed E-state index contributed by atoms with van der Waals surface area (Å²) in [7, 11) is -3.72. The topological polar surface area (TPSA) is 86.7 Å². The molecule has 0 aromatic rings. The summed E-state index contributed by atoms with van der Waals surface area (Å²) in [5.41, 5.74) is -1.48. The summed E-state index contributed by atoms with van der Waals surface area (Å²) in [5.74, 6) is -0.288. The second-order valence-corrected chi connectivity index (χ2v) is 7.83. The number of nitrogens with zero attached hydrogens (tertiary/aromatic N) is 1. The van der Waals surface area contributed by atoms with Crippen LogP contribution < -0.4 is 4.72 Å². The van der Waals surface area contributed by atoms with Gasteiger partial charge in [-0.25, -0.2) is 0 Å². The number of carbonyl (C=O) groups is 1. The summed E-state index contributed by atoms with van der Waals surface area (Å²) in [6, 6.07) is 0. The highest BCUT2D eigenvalue weighted by atomic mass is 32.2. The van der Waals surface area contributed by atoms with E-state index in [9.17, 15) is 13.2 Å². The number of carboxylic acids is 1. The molecule has 0 bridgehead atoms. The molecule has 0 aromatic carbocycles. The highest BCUT2D eigenvalue weighted by Gasteiger charge is 2.42. The van der Waals surface area contributed by atoms with Crippen LogP contribution >= 0.6 is 0 Å². The Morgan fingerprint density at radius 3 is 2.11 bits per heavy atom. The standard InChI is InChI=1S/C12H22N2O4S/c1-12(2,11(15)16)13-19(17,18)14-7-9-5-3-4-6-10(9)8-14/h9-10,13H,3-8H2,1-2H3,(H,15,16)/t9-,10+. The summed E-state index contributed by atoms with van der Waals surface area (Å²) in [6.45, 7) is 3.76. The monoisotopic (exact) mass is 290 g/mol. The zero-order chi connectivity index (χ0) is 14.3. The first-order valence-corrected chi connectivity index (χ1v) is 8.19. The fraction of sp³-hybridized carbons (Fsp3) is 0.917. The van der Waals surface area contributed by atoms with Crippen molar-refractivity contribution in [2.24, 2.45) is 11.8 Å². The van der Waals surface area contributed by atoms with Crippen molar-refractivity contribution in [3.63, 3.8) is 0 Å². The zero-order valence-electron chi connectivity index (χ0n) is 11.4. The van der Waals surface area contributed by atoms with Crippen molar-refractivity contribution in [3.05, 3.63) is 0 Å². The van der Waals surface area contributed by atoms with Crippen molar-refractivity contribution in [2.45, 2.75) is 45.1 Å². The first kappa shape index (κ1) is 14.7. The molecule has 2 N–H and O–H groups in total. The van der Waals surface area contributed by atoms with Crippen LogP contribution in [-0.2, 0) is 15.0 Å². The Labute approximate surface area is 114 Å².